The number of aromatic nitrogens is 3. The molecular formula is C15H16N4O2S. The molecule has 0 spiro atoms. The molecule has 6 nitrogen and oxygen atoms in total. The van der Waals surface area contributed by atoms with Gasteiger partial charge in [-0.1, -0.05) is 25.5 Å². The van der Waals surface area contributed by atoms with E-state index in [0.29, 0.717) is 22.4 Å². The van der Waals surface area contributed by atoms with Gasteiger partial charge in [0.15, 0.2) is 0 Å². The van der Waals surface area contributed by atoms with Crippen LogP contribution in [-0.4, -0.2) is 14.6 Å². The molecule has 0 bridgehead atoms. The van der Waals surface area contributed by atoms with E-state index in [-0.39, 0.29) is 5.56 Å². The van der Waals surface area contributed by atoms with Gasteiger partial charge in [0.1, 0.15) is 5.75 Å². The standard InChI is InChI=1S/C15H16N4O2S/c1-2-3-11-8-13(20)19-14(17-11)22-15(18-19)21-12-6-4-10(9-16)5-7-12/h4-8H,2-3,9,16H2,1H3. The summed E-state index contributed by atoms with van der Waals surface area (Å²) in [6.45, 7) is 2.54. The van der Waals surface area contributed by atoms with Gasteiger partial charge in [-0.3, -0.25) is 4.79 Å². The second kappa shape index (κ2) is 6.25. The van der Waals surface area contributed by atoms with Crippen molar-refractivity contribution in [2.45, 2.75) is 26.3 Å². The molecular weight excluding hydrogens is 300 g/mol. The smallest absolute Gasteiger partial charge is 0.299 e. The Morgan fingerprint density at radius 3 is 2.77 bits per heavy atom. The maximum Gasteiger partial charge on any atom is 0.299 e. The molecule has 7 heteroatoms. The minimum Gasteiger partial charge on any atom is -0.430 e. The zero-order chi connectivity index (χ0) is 15.5. The summed E-state index contributed by atoms with van der Waals surface area (Å²) in [5.74, 6) is 0.651. The summed E-state index contributed by atoms with van der Waals surface area (Å²) in [6.07, 6.45) is 1.72. The van der Waals surface area contributed by atoms with Crippen LogP contribution in [0.1, 0.15) is 24.6 Å². The fourth-order valence-electron chi connectivity index (χ4n) is 2.06. The van der Waals surface area contributed by atoms with E-state index >= 15 is 0 Å². The first-order valence-electron chi connectivity index (χ1n) is 7.06. The molecule has 3 rings (SSSR count). The third-order valence-electron chi connectivity index (χ3n) is 3.15. The van der Waals surface area contributed by atoms with E-state index in [1.807, 2.05) is 24.3 Å². The molecule has 0 radical (unpaired) electrons. The molecule has 0 unspecified atom stereocenters. The van der Waals surface area contributed by atoms with Gasteiger partial charge >= 0.3 is 0 Å². The molecule has 0 saturated carbocycles. The summed E-state index contributed by atoms with van der Waals surface area (Å²) in [7, 11) is 0. The highest BCUT2D eigenvalue weighted by atomic mass is 32.1. The summed E-state index contributed by atoms with van der Waals surface area (Å²) >= 11 is 1.25. The second-order valence-electron chi connectivity index (χ2n) is 4.85. The molecule has 0 amide bonds. The predicted molar refractivity (Wildman–Crippen MR) is 85.5 cm³/mol. The van der Waals surface area contributed by atoms with E-state index in [1.54, 1.807) is 0 Å². The van der Waals surface area contributed by atoms with Gasteiger partial charge in [0, 0.05) is 18.3 Å². The van der Waals surface area contributed by atoms with Crippen molar-refractivity contribution in [2.75, 3.05) is 0 Å². The minimum absolute atomic E-state index is 0.182. The zero-order valence-electron chi connectivity index (χ0n) is 12.2. The lowest BCUT2D eigenvalue weighted by molar-refractivity contribution is 0.469. The molecule has 0 aliphatic heterocycles. The van der Waals surface area contributed by atoms with Gasteiger partial charge in [0.2, 0.25) is 4.96 Å². The SMILES string of the molecule is CCCc1cc(=O)n2nc(Oc3ccc(CN)cc3)sc2n1. The van der Waals surface area contributed by atoms with Crippen LogP contribution in [0.3, 0.4) is 0 Å². The molecule has 2 aromatic heterocycles. The molecule has 0 aliphatic carbocycles. The van der Waals surface area contributed by atoms with E-state index in [1.165, 1.54) is 21.9 Å². The van der Waals surface area contributed by atoms with Gasteiger partial charge in [-0.15, -0.1) is 5.10 Å². The molecule has 3 aromatic rings. The van der Waals surface area contributed by atoms with E-state index < -0.39 is 0 Å². The van der Waals surface area contributed by atoms with Gasteiger partial charge in [0.25, 0.3) is 10.8 Å². The van der Waals surface area contributed by atoms with Crippen LogP contribution in [-0.2, 0) is 13.0 Å². The molecule has 1 aromatic carbocycles. The summed E-state index contributed by atoms with van der Waals surface area (Å²) in [4.78, 5) is 17.0. The van der Waals surface area contributed by atoms with Crippen LogP contribution >= 0.6 is 11.3 Å². The normalized spacial score (nSPS) is 11.0. The van der Waals surface area contributed by atoms with Crippen molar-refractivity contribution >= 4 is 16.3 Å². The molecule has 22 heavy (non-hydrogen) atoms. The number of nitrogens with zero attached hydrogens (tertiary/aromatic N) is 3. The third kappa shape index (κ3) is 3.00. The number of fused-ring (bicyclic) bond motifs is 1. The average Bonchev–Trinajstić information content (AvgIpc) is 2.91. The van der Waals surface area contributed by atoms with Crippen molar-refractivity contribution in [1.82, 2.24) is 14.6 Å². The number of benzene rings is 1. The highest BCUT2D eigenvalue weighted by Crippen LogP contribution is 2.25. The van der Waals surface area contributed by atoms with Crippen LogP contribution in [0, 0.1) is 0 Å². The lowest BCUT2D eigenvalue weighted by atomic mass is 10.2. The fraction of sp³-hybridized carbons (Fsp3) is 0.267. The Bertz CT molecular complexity index is 839. The lowest BCUT2D eigenvalue weighted by Gasteiger charge is -2.01. The fourth-order valence-corrected chi connectivity index (χ4v) is 2.86. The molecule has 0 fully saturated rings. The van der Waals surface area contributed by atoms with Crippen molar-refractivity contribution in [2.24, 2.45) is 5.73 Å². The van der Waals surface area contributed by atoms with Crippen LogP contribution in [0.5, 0.6) is 10.9 Å². The first-order chi connectivity index (χ1) is 10.7. The molecule has 2 heterocycles. The first kappa shape index (κ1) is 14.7. The topological polar surface area (TPSA) is 82.5 Å². The minimum atomic E-state index is -0.182. The van der Waals surface area contributed by atoms with Crippen LogP contribution in [0.15, 0.2) is 35.1 Å². The zero-order valence-corrected chi connectivity index (χ0v) is 13.0. The number of ether oxygens (including phenoxy) is 1. The average molecular weight is 316 g/mol. The van der Waals surface area contributed by atoms with Crippen LogP contribution in [0.25, 0.3) is 4.96 Å². The van der Waals surface area contributed by atoms with Crippen molar-refractivity contribution in [1.29, 1.82) is 0 Å². The Labute approximate surface area is 131 Å². The third-order valence-corrected chi connectivity index (χ3v) is 3.94. The number of aryl methyl sites for hydroxylation is 1. The monoisotopic (exact) mass is 316 g/mol. The highest BCUT2D eigenvalue weighted by molar-refractivity contribution is 7.18. The Hall–Kier alpha value is -2.25. The van der Waals surface area contributed by atoms with Gasteiger partial charge < -0.3 is 10.5 Å². The lowest BCUT2D eigenvalue weighted by Crippen LogP contribution is -2.15. The van der Waals surface area contributed by atoms with Crippen molar-refractivity contribution in [3.05, 3.63) is 51.9 Å². The maximum atomic E-state index is 12.0. The van der Waals surface area contributed by atoms with Crippen LogP contribution in [0.2, 0.25) is 0 Å². The summed E-state index contributed by atoms with van der Waals surface area (Å²) < 4.78 is 6.96. The van der Waals surface area contributed by atoms with Crippen LogP contribution < -0.4 is 16.0 Å². The number of hydrogen-bond donors (Lipinski definition) is 1. The van der Waals surface area contributed by atoms with E-state index in [9.17, 15) is 4.79 Å². The van der Waals surface area contributed by atoms with Crippen molar-refractivity contribution < 1.29 is 4.74 Å². The van der Waals surface area contributed by atoms with Crippen molar-refractivity contribution in [3.63, 3.8) is 0 Å². The number of nitrogens with two attached hydrogens (primary N) is 1. The quantitative estimate of drug-likeness (QED) is 0.781. The van der Waals surface area contributed by atoms with Gasteiger partial charge in [-0.05, 0) is 35.5 Å². The van der Waals surface area contributed by atoms with E-state index in [4.69, 9.17) is 10.5 Å². The van der Waals surface area contributed by atoms with Gasteiger partial charge in [-0.2, -0.15) is 4.52 Å². The molecule has 2 N–H and O–H groups in total. The number of rotatable bonds is 5. The largest absolute Gasteiger partial charge is 0.430 e. The van der Waals surface area contributed by atoms with Crippen LogP contribution in [0.4, 0.5) is 0 Å². The summed E-state index contributed by atoms with van der Waals surface area (Å²) in [5.41, 5.74) is 7.19. The van der Waals surface area contributed by atoms with E-state index in [0.717, 1.165) is 24.1 Å². The molecule has 0 atom stereocenters. The maximum absolute atomic E-state index is 12.0. The van der Waals surface area contributed by atoms with E-state index in [2.05, 4.69) is 17.0 Å². The first-order valence-corrected chi connectivity index (χ1v) is 7.88. The Kier molecular flexibility index (Phi) is 4.17. The van der Waals surface area contributed by atoms with Gasteiger partial charge in [0.05, 0.1) is 0 Å². The Balaban J connectivity index is 1.90. The second-order valence-corrected chi connectivity index (χ2v) is 5.77. The predicted octanol–water partition coefficient (Wildman–Crippen LogP) is 2.35. The Morgan fingerprint density at radius 2 is 2.09 bits per heavy atom. The summed E-state index contributed by atoms with van der Waals surface area (Å²) in [5, 5.41) is 4.55. The molecule has 0 saturated heterocycles. The molecule has 0 aliphatic rings. The Morgan fingerprint density at radius 1 is 1.32 bits per heavy atom. The van der Waals surface area contributed by atoms with Gasteiger partial charge in [-0.25, -0.2) is 4.98 Å². The highest BCUT2D eigenvalue weighted by Gasteiger charge is 2.10. The summed E-state index contributed by atoms with van der Waals surface area (Å²) in [6, 6.07) is 8.97. The number of hydrogen-bond acceptors (Lipinski definition) is 6. The molecule has 114 valence electrons. The van der Waals surface area contributed by atoms with Crippen molar-refractivity contribution in [3.8, 4) is 10.9 Å².